The number of piperazine rings is 1. The van der Waals surface area contributed by atoms with Crippen molar-refractivity contribution in [3.8, 4) is 6.07 Å². The van der Waals surface area contributed by atoms with E-state index < -0.39 is 0 Å². The van der Waals surface area contributed by atoms with Crippen LogP contribution >= 0.6 is 0 Å². The van der Waals surface area contributed by atoms with Crippen LogP contribution in [0.15, 0.2) is 18.3 Å². The van der Waals surface area contributed by atoms with E-state index in [0.717, 1.165) is 31.7 Å². The van der Waals surface area contributed by atoms with E-state index in [2.05, 4.69) is 35.1 Å². The summed E-state index contributed by atoms with van der Waals surface area (Å²) < 4.78 is 0. The Morgan fingerprint density at radius 2 is 2.41 bits per heavy atom. The lowest BCUT2D eigenvalue weighted by Crippen LogP contribution is -2.57. The molecule has 0 aromatic carbocycles. The maximum atomic E-state index is 9.03. The number of nitrogens with zero attached hydrogens (tertiary/aromatic N) is 3. The molecular weight excluding hydrogens is 212 g/mol. The molecule has 2 heterocycles. The number of rotatable bonds is 2. The van der Waals surface area contributed by atoms with Gasteiger partial charge in [0.15, 0.2) is 0 Å². The van der Waals surface area contributed by atoms with Crippen LogP contribution in [-0.4, -0.2) is 35.1 Å². The van der Waals surface area contributed by atoms with E-state index in [4.69, 9.17) is 5.26 Å². The van der Waals surface area contributed by atoms with E-state index in [1.807, 2.05) is 12.1 Å². The molecule has 0 amide bonds. The summed E-state index contributed by atoms with van der Waals surface area (Å²) in [5, 5.41) is 12.4. The fraction of sp³-hybridized carbons (Fsp3) is 0.538. The fourth-order valence-corrected chi connectivity index (χ4v) is 2.19. The molecule has 4 heteroatoms. The molecule has 0 saturated carbocycles. The zero-order valence-corrected chi connectivity index (χ0v) is 10.4. The third kappa shape index (κ3) is 2.63. The SMILES string of the molecule is CC1(C)CNCCN1Cc1cccnc1C#N. The molecule has 1 aliphatic rings. The quantitative estimate of drug-likeness (QED) is 0.827. The number of aromatic nitrogens is 1. The van der Waals surface area contributed by atoms with E-state index in [0.29, 0.717) is 5.69 Å². The summed E-state index contributed by atoms with van der Waals surface area (Å²) in [4.78, 5) is 6.51. The molecule has 0 spiro atoms. The molecule has 0 unspecified atom stereocenters. The third-order valence-electron chi connectivity index (χ3n) is 3.33. The number of hydrogen-bond acceptors (Lipinski definition) is 4. The van der Waals surface area contributed by atoms with Crippen molar-refractivity contribution in [2.45, 2.75) is 25.9 Å². The van der Waals surface area contributed by atoms with Crippen LogP contribution in [0.1, 0.15) is 25.1 Å². The summed E-state index contributed by atoms with van der Waals surface area (Å²) in [5.74, 6) is 0. The summed E-state index contributed by atoms with van der Waals surface area (Å²) in [5.41, 5.74) is 1.69. The van der Waals surface area contributed by atoms with E-state index >= 15 is 0 Å². The van der Waals surface area contributed by atoms with Gasteiger partial charge < -0.3 is 5.32 Å². The molecule has 4 nitrogen and oxygen atoms in total. The lowest BCUT2D eigenvalue weighted by atomic mass is 9.99. The Balaban J connectivity index is 2.17. The van der Waals surface area contributed by atoms with Gasteiger partial charge in [-0.05, 0) is 19.9 Å². The van der Waals surface area contributed by atoms with Crippen LogP contribution in [-0.2, 0) is 6.54 Å². The van der Waals surface area contributed by atoms with Gasteiger partial charge in [-0.25, -0.2) is 4.98 Å². The number of pyridine rings is 1. The highest BCUT2D eigenvalue weighted by molar-refractivity contribution is 5.30. The highest BCUT2D eigenvalue weighted by Gasteiger charge is 2.29. The number of hydrogen-bond donors (Lipinski definition) is 1. The van der Waals surface area contributed by atoms with Gasteiger partial charge in [0.2, 0.25) is 0 Å². The van der Waals surface area contributed by atoms with Crippen LogP contribution in [0.2, 0.25) is 0 Å². The van der Waals surface area contributed by atoms with Crippen LogP contribution < -0.4 is 5.32 Å². The highest BCUT2D eigenvalue weighted by Crippen LogP contribution is 2.20. The average Bonchev–Trinajstić information content (AvgIpc) is 2.32. The molecule has 2 rings (SSSR count). The second-order valence-electron chi connectivity index (χ2n) is 5.03. The van der Waals surface area contributed by atoms with Gasteiger partial charge in [-0.15, -0.1) is 0 Å². The first-order chi connectivity index (χ1) is 8.13. The van der Waals surface area contributed by atoms with E-state index in [-0.39, 0.29) is 5.54 Å². The first-order valence-corrected chi connectivity index (χ1v) is 5.93. The Morgan fingerprint density at radius 1 is 1.59 bits per heavy atom. The summed E-state index contributed by atoms with van der Waals surface area (Å²) in [6.45, 7) is 8.24. The lowest BCUT2D eigenvalue weighted by molar-refractivity contribution is 0.0825. The molecule has 1 aromatic heterocycles. The van der Waals surface area contributed by atoms with Crippen LogP contribution in [0.5, 0.6) is 0 Å². The Labute approximate surface area is 102 Å². The molecule has 90 valence electrons. The minimum absolute atomic E-state index is 0.126. The topological polar surface area (TPSA) is 52.0 Å². The largest absolute Gasteiger partial charge is 0.314 e. The normalized spacial score (nSPS) is 19.8. The molecule has 0 radical (unpaired) electrons. The van der Waals surface area contributed by atoms with Gasteiger partial charge in [-0.1, -0.05) is 6.07 Å². The molecular formula is C13H18N4. The molecule has 1 saturated heterocycles. The Kier molecular flexibility index (Phi) is 3.41. The van der Waals surface area contributed by atoms with Crippen molar-refractivity contribution in [3.05, 3.63) is 29.6 Å². The molecule has 1 fully saturated rings. The van der Waals surface area contributed by atoms with Crippen molar-refractivity contribution in [2.75, 3.05) is 19.6 Å². The van der Waals surface area contributed by atoms with Crippen LogP contribution in [0, 0.1) is 11.3 Å². The smallest absolute Gasteiger partial charge is 0.144 e. The monoisotopic (exact) mass is 230 g/mol. The fourth-order valence-electron chi connectivity index (χ4n) is 2.19. The molecule has 1 N–H and O–H groups in total. The summed E-state index contributed by atoms with van der Waals surface area (Å²) in [7, 11) is 0. The van der Waals surface area contributed by atoms with E-state index in [1.165, 1.54) is 0 Å². The first-order valence-electron chi connectivity index (χ1n) is 5.93. The lowest BCUT2D eigenvalue weighted by Gasteiger charge is -2.42. The van der Waals surface area contributed by atoms with Gasteiger partial charge in [0.05, 0.1) is 0 Å². The van der Waals surface area contributed by atoms with Crippen molar-refractivity contribution in [2.24, 2.45) is 0 Å². The van der Waals surface area contributed by atoms with Gasteiger partial charge in [-0.3, -0.25) is 4.90 Å². The van der Waals surface area contributed by atoms with Gasteiger partial charge in [0.25, 0.3) is 0 Å². The Bertz CT molecular complexity index is 433. The summed E-state index contributed by atoms with van der Waals surface area (Å²) in [6, 6.07) is 6.04. The summed E-state index contributed by atoms with van der Waals surface area (Å²) >= 11 is 0. The molecule has 17 heavy (non-hydrogen) atoms. The van der Waals surface area contributed by atoms with Crippen molar-refractivity contribution in [1.82, 2.24) is 15.2 Å². The van der Waals surface area contributed by atoms with Crippen LogP contribution in [0.4, 0.5) is 0 Å². The molecule has 0 bridgehead atoms. The van der Waals surface area contributed by atoms with Gasteiger partial charge >= 0.3 is 0 Å². The molecule has 1 aliphatic heterocycles. The van der Waals surface area contributed by atoms with Crippen molar-refractivity contribution in [3.63, 3.8) is 0 Å². The highest BCUT2D eigenvalue weighted by atomic mass is 15.2. The minimum atomic E-state index is 0.126. The third-order valence-corrected chi connectivity index (χ3v) is 3.33. The Morgan fingerprint density at radius 3 is 3.12 bits per heavy atom. The van der Waals surface area contributed by atoms with Gasteiger partial charge in [-0.2, -0.15) is 5.26 Å². The van der Waals surface area contributed by atoms with Gasteiger partial charge in [0, 0.05) is 43.5 Å². The van der Waals surface area contributed by atoms with E-state index in [9.17, 15) is 0 Å². The standard InChI is InChI=1S/C13H18N4/c1-13(2)10-15-6-7-17(13)9-11-4-3-5-16-12(11)8-14/h3-5,15H,6-7,9-10H2,1-2H3. The van der Waals surface area contributed by atoms with Crippen LogP contribution in [0.25, 0.3) is 0 Å². The number of nitriles is 1. The molecule has 0 atom stereocenters. The average molecular weight is 230 g/mol. The van der Waals surface area contributed by atoms with Crippen molar-refractivity contribution < 1.29 is 0 Å². The predicted octanol–water partition coefficient (Wildman–Crippen LogP) is 1.14. The van der Waals surface area contributed by atoms with E-state index in [1.54, 1.807) is 6.20 Å². The molecule has 0 aliphatic carbocycles. The van der Waals surface area contributed by atoms with Crippen LogP contribution in [0.3, 0.4) is 0 Å². The second-order valence-corrected chi connectivity index (χ2v) is 5.03. The minimum Gasteiger partial charge on any atom is -0.314 e. The maximum Gasteiger partial charge on any atom is 0.144 e. The van der Waals surface area contributed by atoms with Crippen molar-refractivity contribution >= 4 is 0 Å². The first kappa shape index (κ1) is 12.0. The molecule has 1 aromatic rings. The second kappa shape index (κ2) is 4.82. The van der Waals surface area contributed by atoms with Gasteiger partial charge in [0.1, 0.15) is 11.8 Å². The maximum absolute atomic E-state index is 9.03. The predicted molar refractivity (Wildman–Crippen MR) is 66.3 cm³/mol. The zero-order chi connectivity index (χ0) is 12.3. The van der Waals surface area contributed by atoms with Crippen molar-refractivity contribution in [1.29, 1.82) is 5.26 Å². The summed E-state index contributed by atoms with van der Waals surface area (Å²) in [6.07, 6.45) is 1.67. The number of nitrogens with one attached hydrogen (secondary N) is 1. The zero-order valence-electron chi connectivity index (χ0n) is 10.4. The Hall–Kier alpha value is -1.44.